The van der Waals surface area contributed by atoms with Crippen molar-refractivity contribution in [1.82, 2.24) is 0 Å². The molecule has 1 saturated carbocycles. The van der Waals surface area contributed by atoms with Gasteiger partial charge >= 0.3 is 5.97 Å². The standard InChI is InChI=1S/C12H20O3/c1-3-11(14)8-7-10-5-4-6-12(10)15-9(2)13/h10,12H,3-8H2,1-2H3. The number of ether oxygens (including phenoxy) is 1. The van der Waals surface area contributed by atoms with E-state index in [0.29, 0.717) is 24.5 Å². The van der Waals surface area contributed by atoms with Gasteiger partial charge in [-0.15, -0.1) is 0 Å². The molecule has 86 valence electrons. The molecule has 0 saturated heterocycles. The van der Waals surface area contributed by atoms with Gasteiger partial charge in [0, 0.05) is 19.8 Å². The zero-order chi connectivity index (χ0) is 11.3. The van der Waals surface area contributed by atoms with E-state index in [2.05, 4.69) is 0 Å². The summed E-state index contributed by atoms with van der Waals surface area (Å²) in [5.41, 5.74) is 0. The summed E-state index contributed by atoms with van der Waals surface area (Å²) in [6.45, 7) is 3.34. The first-order valence-corrected chi connectivity index (χ1v) is 5.82. The molecule has 0 heterocycles. The number of esters is 1. The highest BCUT2D eigenvalue weighted by Gasteiger charge is 2.29. The number of rotatable bonds is 5. The molecule has 3 nitrogen and oxygen atoms in total. The summed E-state index contributed by atoms with van der Waals surface area (Å²) in [6, 6.07) is 0. The predicted octanol–water partition coefficient (Wildman–Crippen LogP) is 2.48. The minimum atomic E-state index is -0.200. The average Bonchev–Trinajstić information content (AvgIpc) is 2.61. The number of carbonyl (C=O) groups is 2. The van der Waals surface area contributed by atoms with E-state index in [4.69, 9.17) is 4.74 Å². The zero-order valence-electron chi connectivity index (χ0n) is 9.62. The fourth-order valence-electron chi connectivity index (χ4n) is 2.22. The smallest absolute Gasteiger partial charge is 0.302 e. The summed E-state index contributed by atoms with van der Waals surface area (Å²) in [6.07, 6.45) is 5.36. The fraction of sp³-hybridized carbons (Fsp3) is 0.833. The summed E-state index contributed by atoms with van der Waals surface area (Å²) in [4.78, 5) is 22.0. The number of carbonyl (C=O) groups excluding carboxylic acids is 2. The van der Waals surface area contributed by atoms with Gasteiger partial charge < -0.3 is 4.74 Å². The van der Waals surface area contributed by atoms with Gasteiger partial charge in [0.25, 0.3) is 0 Å². The Kier molecular flexibility index (Phi) is 4.79. The van der Waals surface area contributed by atoms with Crippen molar-refractivity contribution < 1.29 is 14.3 Å². The van der Waals surface area contributed by atoms with Crippen molar-refractivity contribution in [3.63, 3.8) is 0 Å². The van der Waals surface area contributed by atoms with Gasteiger partial charge in [0.05, 0.1) is 0 Å². The maximum Gasteiger partial charge on any atom is 0.302 e. The highest BCUT2D eigenvalue weighted by atomic mass is 16.5. The first-order valence-electron chi connectivity index (χ1n) is 5.82. The van der Waals surface area contributed by atoms with E-state index >= 15 is 0 Å². The minimum Gasteiger partial charge on any atom is -0.462 e. The third kappa shape index (κ3) is 4.02. The van der Waals surface area contributed by atoms with Crippen LogP contribution in [-0.2, 0) is 14.3 Å². The predicted molar refractivity (Wildman–Crippen MR) is 57.4 cm³/mol. The molecule has 3 heteroatoms. The van der Waals surface area contributed by atoms with Crippen LogP contribution in [0, 0.1) is 5.92 Å². The molecule has 0 spiro atoms. The maximum absolute atomic E-state index is 11.2. The molecule has 1 rings (SSSR count). The van der Waals surface area contributed by atoms with Gasteiger partial charge in [-0.25, -0.2) is 0 Å². The highest BCUT2D eigenvalue weighted by molar-refractivity contribution is 5.77. The molecule has 0 aromatic rings. The number of hydrogen-bond donors (Lipinski definition) is 0. The summed E-state index contributed by atoms with van der Waals surface area (Å²) < 4.78 is 5.24. The van der Waals surface area contributed by atoms with Crippen molar-refractivity contribution >= 4 is 11.8 Å². The van der Waals surface area contributed by atoms with Crippen LogP contribution in [0.2, 0.25) is 0 Å². The SMILES string of the molecule is CCC(=O)CCC1CCCC1OC(C)=O. The van der Waals surface area contributed by atoms with Crippen LogP contribution < -0.4 is 0 Å². The molecule has 1 aliphatic carbocycles. The maximum atomic E-state index is 11.2. The Morgan fingerprint density at radius 2 is 2.07 bits per heavy atom. The van der Waals surface area contributed by atoms with Crippen LogP contribution in [0.25, 0.3) is 0 Å². The lowest BCUT2D eigenvalue weighted by atomic mass is 9.97. The van der Waals surface area contributed by atoms with E-state index in [0.717, 1.165) is 25.7 Å². The van der Waals surface area contributed by atoms with Crippen molar-refractivity contribution in [1.29, 1.82) is 0 Å². The molecular formula is C12H20O3. The van der Waals surface area contributed by atoms with Gasteiger partial charge in [-0.1, -0.05) is 6.92 Å². The number of Topliss-reactive ketones (excluding diaryl/α,β-unsaturated/α-hetero) is 1. The minimum absolute atomic E-state index is 0.0622. The van der Waals surface area contributed by atoms with E-state index in [1.54, 1.807) is 0 Å². The van der Waals surface area contributed by atoms with E-state index < -0.39 is 0 Å². The summed E-state index contributed by atoms with van der Waals surface area (Å²) in [5, 5.41) is 0. The molecule has 1 fully saturated rings. The molecule has 1 aliphatic rings. The second kappa shape index (κ2) is 5.89. The zero-order valence-corrected chi connectivity index (χ0v) is 9.62. The molecule has 0 radical (unpaired) electrons. The van der Waals surface area contributed by atoms with Crippen molar-refractivity contribution in [2.45, 2.75) is 58.5 Å². The van der Waals surface area contributed by atoms with Crippen LogP contribution >= 0.6 is 0 Å². The monoisotopic (exact) mass is 212 g/mol. The Hall–Kier alpha value is -0.860. The van der Waals surface area contributed by atoms with Crippen molar-refractivity contribution in [2.75, 3.05) is 0 Å². The van der Waals surface area contributed by atoms with Gasteiger partial charge in [0.15, 0.2) is 0 Å². The molecule has 2 unspecified atom stereocenters. The molecule has 0 aromatic heterocycles. The lowest BCUT2D eigenvalue weighted by Gasteiger charge is -2.18. The van der Waals surface area contributed by atoms with E-state index in [9.17, 15) is 9.59 Å². The van der Waals surface area contributed by atoms with Gasteiger partial charge in [-0.2, -0.15) is 0 Å². The van der Waals surface area contributed by atoms with E-state index in [1.165, 1.54) is 6.92 Å². The second-order valence-corrected chi connectivity index (χ2v) is 4.27. The van der Waals surface area contributed by atoms with Crippen molar-refractivity contribution in [2.24, 2.45) is 5.92 Å². The van der Waals surface area contributed by atoms with Crippen molar-refractivity contribution in [3.05, 3.63) is 0 Å². The number of hydrogen-bond acceptors (Lipinski definition) is 3. The highest BCUT2D eigenvalue weighted by Crippen LogP contribution is 2.31. The summed E-state index contributed by atoms with van der Waals surface area (Å²) >= 11 is 0. The van der Waals surface area contributed by atoms with E-state index in [-0.39, 0.29) is 12.1 Å². The molecule has 0 aliphatic heterocycles. The van der Waals surface area contributed by atoms with Crippen LogP contribution in [0.3, 0.4) is 0 Å². The molecule has 0 aromatic carbocycles. The summed E-state index contributed by atoms with van der Waals surface area (Å²) in [5.74, 6) is 0.515. The Labute approximate surface area is 91.2 Å². The molecule has 0 amide bonds. The quantitative estimate of drug-likeness (QED) is 0.657. The van der Waals surface area contributed by atoms with Crippen LogP contribution in [0.4, 0.5) is 0 Å². The Morgan fingerprint density at radius 3 is 2.67 bits per heavy atom. The second-order valence-electron chi connectivity index (χ2n) is 4.27. The van der Waals surface area contributed by atoms with Gasteiger partial charge in [0.2, 0.25) is 0 Å². The molecule has 0 N–H and O–H groups in total. The van der Waals surface area contributed by atoms with E-state index in [1.807, 2.05) is 6.92 Å². The fourth-order valence-corrected chi connectivity index (χ4v) is 2.22. The molecular weight excluding hydrogens is 192 g/mol. The molecule has 2 atom stereocenters. The molecule has 0 bridgehead atoms. The van der Waals surface area contributed by atoms with Crippen molar-refractivity contribution in [3.8, 4) is 0 Å². The molecule has 15 heavy (non-hydrogen) atoms. The Balaban J connectivity index is 2.33. The van der Waals surface area contributed by atoms with Crippen LogP contribution in [0.15, 0.2) is 0 Å². The van der Waals surface area contributed by atoms with Gasteiger partial charge in [-0.05, 0) is 31.6 Å². The third-order valence-electron chi connectivity index (χ3n) is 3.09. The van der Waals surface area contributed by atoms with Crippen LogP contribution in [-0.4, -0.2) is 17.9 Å². The van der Waals surface area contributed by atoms with Crippen LogP contribution in [0.5, 0.6) is 0 Å². The largest absolute Gasteiger partial charge is 0.462 e. The number of ketones is 1. The normalized spacial score (nSPS) is 25.2. The topological polar surface area (TPSA) is 43.4 Å². The first-order chi connectivity index (χ1) is 7.13. The lowest BCUT2D eigenvalue weighted by Crippen LogP contribution is -2.21. The van der Waals surface area contributed by atoms with Gasteiger partial charge in [0.1, 0.15) is 11.9 Å². The Morgan fingerprint density at radius 1 is 1.33 bits per heavy atom. The van der Waals surface area contributed by atoms with Crippen LogP contribution in [0.1, 0.15) is 52.4 Å². The Bertz CT molecular complexity index is 235. The average molecular weight is 212 g/mol. The summed E-state index contributed by atoms with van der Waals surface area (Å²) in [7, 11) is 0. The lowest BCUT2D eigenvalue weighted by molar-refractivity contribution is -0.148. The first kappa shape index (κ1) is 12.2. The third-order valence-corrected chi connectivity index (χ3v) is 3.09. The van der Waals surface area contributed by atoms with Gasteiger partial charge in [-0.3, -0.25) is 9.59 Å².